The molecule has 1 atom stereocenters. The van der Waals surface area contributed by atoms with Gasteiger partial charge in [0.05, 0.1) is 0 Å². The monoisotopic (exact) mass is 291 g/mol. The van der Waals surface area contributed by atoms with Gasteiger partial charge in [-0.05, 0) is 37.3 Å². The topological polar surface area (TPSA) is 30.7 Å². The zero-order valence-electron chi connectivity index (χ0n) is 12.3. The summed E-state index contributed by atoms with van der Waals surface area (Å²) in [5.41, 5.74) is 3.28. The molecule has 0 N–H and O–H groups in total. The maximum Gasteiger partial charge on any atom is 0.160 e. The van der Waals surface area contributed by atoms with Gasteiger partial charge in [0, 0.05) is 24.5 Å². The summed E-state index contributed by atoms with van der Waals surface area (Å²) in [6.07, 6.45) is 7.88. The number of nitrogens with zero attached hydrogens (tertiary/aromatic N) is 3. The molecule has 0 aliphatic heterocycles. The van der Waals surface area contributed by atoms with Gasteiger partial charge in [-0.2, -0.15) is 0 Å². The lowest BCUT2D eigenvalue weighted by Gasteiger charge is -2.19. The van der Waals surface area contributed by atoms with Crippen LogP contribution in [0.2, 0.25) is 0 Å². The van der Waals surface area contributed by atoms with Crippen LogP contribution in [0.5, 0.6) is 0 Å². The maximum absolute atomic E-state index is 5.97. The Morgan fingerprint density at radius 3 is 2.90 bits per heavy atom. The fraction of sp³-hybridized carbons (Fsp3) is 0.625. The standard InChI is InChI=1S/C16H22ClN3/c1-3-13(10-12-4-5-12)20-14(6-8-17)19-15-11(2)7-9-18-16(15)20/h7,9,12-13H,3-6,8,10H2,1-2H3. The minimum absolute atomic E-state index is 0.514. The summed E-state index contributed by atoms with van der Waals surface area (Å²) in [7, 11) is 0. The van der Waals surface area contributed by atoms with Crippen LogP contribution >= 0.6 is 11.6 Å². The number of pyridine rings is 1. The summed E-state index contributed by atoms with van der Waals surface area (Å²) in [6.45, 7) is 4.37. The van der Waals surface area contributed by atoms with Gasteiger partial charge in [0.25, 0.3) is 0 Å². The SMILES string of the molecule is CCC(CC1CC1)n1c(CCCl)nc2c(C)ccnc21. The normalized spacial score (nSPS) is 16.8. The zero-order valence-corrected chi connectivity index (χ0v) is 13.0. The second kappa shape index (κ2) is 5.72. The van der Waals surface area contributed by atoms with Crippen molar-refractivity contribution in [3.05, 3.63) is 23.7 Å². The van der Waals surface area contributed by atoms with Crippen molar-refractivity contribution in [3.63, 3.8) is 0 Å². The Morgan fingerprint density at radius 1 is 1.45 bits per heavy atom. The lowest BCUT2D eigenvalue weighted by Crippen LogP contribution is -2.13. The van der Waals surface area contributed by atoms with Crippen LogP contribution in [-0.2, 0) is 6.42 Å². The molecule has 0 radical (unpaired) electrons. The molecule has 1 saturated carbocycles. The fourth-order valence-electron chi connectivity index (χ4n) is 2.99. The first-order valence-corrected chi connectivity index (χ1v) is 8.16. The van der Waals surface area contributed by atoms with Crippen LogP contribution in [0.15, 0.2) is 12.3 Å². The Hall–Kier alpha value is -1.09. The molecular formula is C16H22ClN3. The summed E-state index contributed by atoms with van der Waals surface area (Å²) >= 11 is 5.97. The lowest BCUT2D eigenvalue weighted by molar-refractivity contribution is 0.425. The molecular weight excluding hydrogens is 270 g/mol. The predicted molar refractivity (Wildman–Crippen MR) is 83.4 cm³/mol. The molecule has 108 valence electrons. The molecule has 20 heavy (non-hydrogen) atoms. The van der Waals surface area contributed by atoms with Crippen molar-refractivity contribution in [2.45, 2.75) is 52.0 Å². The van der Waals surface area contributed by atoms with Crippen LogP contribution in [0, 0.1) is 12.8 Å². The Bertz CT molecular complexity index is 601. The number of alkyl halides is 1. The number of rotatable bonds is 6. The molecule has 4 heteroatoms. The van der Waals surface area contributed by atoms with Crippen molar-refractivity contribution in [3.8, 4) is 0 Å². The fourth-order valence-corrected chi connectivity index (χ4v) is 3.16. The molecule has 2 aromatic heterocycles. The molecule has 0 saturated heterocycles. The highest BCUT2D eigenvalue weighted by Gasteiger charge is 2.28. The highest BCUT2D eigenvalue weighted by atomic mass is 35.5. The molecule has 0 aromatic carbocycles. The average Bonchev–Trinajstić information content (AvgIpc) is 3.18. The van der Waals surface area contributed by atoms with E-state index in [4.69, 9.17) is 16.6 Å². The Kier molecular flexibility index (Phi) is 3.97. The first-order valence-electron chi connectivity index (χ1n) is 7.63. The molecule has 0 amide bonds. The van der Waals surface area contributed by atoms with E-state index in [-0.39, 0.29) is 0 Å². The number of aromatic nitrogens is 3. The van der Waals surface area contributed by atoms with Gasteiger partial charge >= 0.3 is 0 Å². The van der Waals surface area contributed by atoms with Crippen LogP contribution in [0.25, 0.3) is 11.2 Å². The highest BCUT2D eigenvalue weighted by molar-refractivity contribution is 6.17. The van der Waals surface area contributed by atoms with E-state index >= 15 is 0 Å². The molecule has 1 unspecified atom stereocenters. The molecule has 1 aliphatic rings. The highest BCUT2D eigenvalue weighted by Crippen LogP contribution is 2.39. The van der Waals surface area contributed by atoms with E-state index in [0.717, 1.165) is 35.7 Å². The van der Waals surface area contributed by atoms with E-state index in [1.165, 1.54) is 24.8 Å². The van der Waals surface area contributed by atoms with E-state index in [1.807, 2.05) is 12.3 Å². The van der Waals surface area contributed by atoms with Crippen LogP contribution < -0.4 is 0 Å². The van der Waals surface area contributed by atoms with Crippen molar-refractivity contribution < 1.29 is 0 Å². The molecule has 2 heterocycles. The summed E-state index contributed by atoms with van der Waals surface area (Å²) in [6, 6.07) is 2.55. The van der Waals surface area contributed by atoms with Crippen LogP contribution in [0.1, 0.15) is 50.0 Å². The summed E-state index contributed by atoms with van der Waals surface area (Å²) in [4.78, 5) is 9.41. The Morgan fingerprint density at radius 2 is 2.25 bits per heavy atom. The third-order valence-corrected chi connectivity index (χ3v) is 4.50. The molecule has 3 nitrogen and oxygen atoms in total. The third-order valence-electron chi connectivity index (χ3n) is 4.31. The zero-order chi connectivity index (χ0) is 14.1. The largest absolute Gasteiger partial charge is 0.310 e. The average molecular weight is 292 g/mol. The smallest absolute Gasteiger partial charge is 0.160 e. The molecule has 2 aromatic rings. The first kappa shape index (κ1) is 13.9. The van der Waals surface area contributed by atoms with Crippen LogP contribution in [0.3, 0.4) is 0 Å². The summed E-state index contributed by atoms with van der Waals surface area (Å²) < 4.78 is 2.36. The van der Waals surface area contributed by atoms with Gasteiger partial charge in [-0.25, -0.2) is 9.97 Å². The van der Waals surface area contributed by atoms with Crippen molar-refractivity contribution in [2.24, 2.45) is 5.92 Å². The van der Waals surface area contributed by atoms with E-state index in [9.17, 15) is 0 Å². The van der Waals surface area contributed by atoms with Gasteiger partial charge in [0.15, 0.2) is 5.65 Å². The molecule has 0 bridgehead atoms. The number of aryl methyl sites for hydroxylation is 2. The number of imidazole rings is 1. The van der Waals surface area contributed by atoms with Gasteiger partial charge in [0.2, 0.25) is 0 Å². The molecule has 1 fully saturated rings. The predicted octanol–water partition coefficient (Wildman–Crippen LogP) is 4.27. The first-order chi connectivity index (χ1) is 9.74. The van der Waals surface area contributed by atoms with Gasteiger partial charge < -0.3 is 4.57 Å². The molecule has 1 aliphatic carbocycles. The van der Waals surface area contributed by atoms with Crippen LogP contribution in [0.4, 0.5) is 0 Å². The Balaban J connectivity index is 2.09. The molecule has 3 rings (SSSR count). The number of hydrogen-bond acceptors (Lipinski definition) is 2. The summed E-state index contributed by atoms with van der Waals surface area (Å²) in [5.74, 6) is 2.62. The maximum atomic E-state index is 5.97. The van der Waals surface area contributed by atoms with Gasteiger partial charge in [-0.15, -0.1) is 11.6 Å². The van der Waals surface area contributed by atoms with Crippen molar-refractivity contribution in [2.75, 3.05) is 5.88 Å². The van der Waals surface area contributed by atoms with E-state index in [2.05, 4.69) is 23.4 Å². The van der Waals surface area contributed by atoms with Gasteiger partial charge in [-0.1, -0.05) is 19.8 Å². The second-order valence-corrected chi connectivity index (χ2v) is 6.26. The minimum atomic E-state index is 0.514. The third kappa shape index (κ3) is 2.56. The number of hydrogen-bond donors (Lipinski definition) is 0. The number of halogens is 1. The van der Waals surface area contributed by atoms with Gasteiger partial charge in [0.1, 0.15) is 11.3 Å². The lowest BCUT2D eigenvalue weighted by atomic mass is 10.1. The van der Waals surface area contributed by atoms with E-state index in [0.29, 0.717) is 11.9 Å². The second-order valence-electron chi connectivity index (χ2n) is 5.88. The van der Waals surface area contributed by atoms with Gasteiger partial charge in [-0.3, -0.25) is 0 Å². The van der Waals surface area contributed by atoms with Crippen molar-refractivity contribution >= 4 is 22.8 Å². The van der Waals surface area contributed by atoms with Crippen LogP contribution in [-0.4, -0.2) is 20.4 Å². The van der Waals surface area contributed by atoms with Crippen molar-refractivity contribution in [1.82, 2.24) is 14.5 Å². The minimum Gasteiger partial charge on any atom is -0.310 e. The van der Waals surface area contributed by atoms with E-state index < -0.39 is 0 Å². The Labute approximate surface area is 125 Å². The van der Waals surface area contributed by atoms with Crippen molar-refractivity contribution in [1.29, 1.82) is 0 Å². The number of fused-ring (bicyclic) bond motifs is 1. The molecule has 0 spiro atoms. The summed E-state index contributed by atoms with van der Waals surface area (Å²) in [5, 5.41) is 0. The van der Waals surface area contributed by atoms with E-state index in [1.54, 1.807) is 0 Å². The quantitative estimate of drug-likeness (QED) is 0.744.